The van der Waals surface area contributed by atoms with Gasteiger partial charge >= 0.3 is 6.03 Å². The second kappa shape index (κ2) is 10.1. The third-order valence-electron chi connectivity index (χ3n) is 4.71. The summed E-state index contributed by atoms with van der Waals surface area (Å²) in [4.78, 5) is 18.7. The minimum atomic E-state index is 0.0348. The van der Waals surface area contributed by atoms with Crippen LogP contribution in [0.1, 0.15) is 20.3 Å². The van der Waals surface area contributed by atoms with E-state index in [-0.39, 0.29) is 6.03 Å². The number of anilines is 2. The highest BCUT2D eigenvalue weighted by Gasteiger charge is 2.21. The maximum absolute atomic E-state index is 12.1. The second-order valence-corrected chi connectivity index (χ2v) is 6.24. The average Bonchev–Trinajstić information content (AvgIpc) is 2.67. The van der Waals surface area contributed by atoms with E-state index in [9.17, 15) is 4.79 Å². The Bertz CT molecular complexity index is 509. The molecular formula is C19H32N4O2. The van der Waals surface area contributed by atoms with E-state index in [4.69, 9.17) is 4.74 Å². The van der Waals surface area contributed by atoms with Gasteiger partial charge in [-0.05, 0) is 44.5 Å². The summed E-state index contributed by atoms with van der Waals surface area (Å²) in [5.41, 5.74) is 2.50. The van der Waals surface area contributed by atoms with Crippen LogP contribution >= 0.6 is 0 Å². The van der Waals surface area contributed by atoms with Gasteiger partial charge < -0.3 is 24.8 Å². The molecule has 0 aliphatic carbocycles. The largest absolute Gasteiger partial charge is 0.385 e. The molecule has 25 heavy (non-hydrogen) atoms. The molecule has 0 unspecified atom stereocenters. The molecule has 0 saturated carbocycles. The number of rotatable bonds is 8. The van der Waals surface area contributed by atoms with E-state index in [2.05, 4.69) is 53.2 Å². The summed E-state index contributed by atoms with van der Waals surface area (Å²) in [5, 5.41) is 2.96. The first-order valence-electron chi connectivity index (χ1n) is 9.31. The summed E-state index contributed by atoms with van der Waals surface area (Å²) < 4.78 is 4.99. The molecular weight excluding hydrogens is 316 g/mol. The molecule has 1 aliphatic rings. The zero-order valence-corrected chi connectivity index (χ0v) is 15.8. The highest BCUT2D eigenvalue weighted by molar-refractivity contribution is 5.74. The number of methoxy groups -OCH3 is 1. The topological polar surface area (TPSA) is 48.0 Å². The molecule has 1 fully saturated rings. The molecule has 0 spiro atoms. The fourth-order valence-electron chi connectivity index (χ4n) is 3.15. The average molecular weight is 348 g/mol. The molecule has 1 aromatic carbocycles. The van der Waals surface area contributed by atoms with Crippen LogP contribution in [0.3, 0.4) is 0 Å². The Hall–Kier alpha value is -1.95. The van der Waals surface area contributed by atoms with Crippen molar-refractivity contribution < 1.29 is 9.53 Å². The maximum atomic E-state index is 12.1. The van der Waals surface area contributed by atoms with Crippen LogP contribution in [0.25, 0.3) is 0 Å². The number of benzene rings is 1. The number of carbonyl (C=O) groups is 1. The van der Waals surface area contributed by atoms with Gasteiger partial charge in [0, 0.05) is 70.9 Å². The van der Waals surface area contributed by atoms with Crippen molar-refractivity contribution in [2.45, 2.75) is 20.3 Å². The second-order valence-electron chi connectivity index (χ2n) is 6.24. The fraction of sp³-hybridized carbons (Fsp3) is 0.632. The standard InChI is InChI=1S/C19H32N4O2/c1-4-21(5-2)17-7-9-18(10-8-17)22-12-14-23(15-13-22)19(24)20-11-6-16-25-3/h7-10H,4-6,11-16H2,1-3H3,(H,20,24). The number of nitrogens with one attached hydrogen (secondary N) is 1. The van der Waals surface area contributed by atoms with Crippen LogP contribution in [0.4, 0.5) is 16.2 Å². The number of hydrogen-bond donors (Lipinski definition) is 1. The lowest BCUT2D eigenvalue weighted by atomic mass is 10.2. The Labute approximate surface area is 151 Å². The Kier molecular flexibility index (Phi) is 7.85. The van der Waals surface area contributed by atoms with Crippen molar-refractivity contribution in [2.24, 2.45) is 0 Å². The molecule has 0 radical (unpaired) electrons. The van der Waals surface area contributed by atoms with Crippen LogP contribution in [-0.2, 0) is 4.74 Å². The number of urea groups is 1. The predicted molar refractivity (Wildman–Crippen MR) is 104 cm³/mol. The Morgan fingerprint density at radius 3 is 2.32 bits per heavy atom. The predicted octanol–water partition coefficient (Wildman–Crippen LogP) is 2.40. The number of piperazine rings is 1. The third-order valence-corrected chi connectivity index (χ3v) is 4.71. The van der Waals surface area contributed by atoms with Gasteiger partial charge in [0.1, 0.15) is 0 Å². The van der Waals surface area contributed by atoms with Gasteiger partial charge in [-0.15, -0.1) is 0 Å². The maximum Gasteiger partial charge on any atom is 0.317 e. The Morgan fingerprint density at radius 2 is 1.76 bits per heavy atom. The molecule has 6 nitrogen and oxygen atoms in total. The third kappa shape index (κ3) is 5.53. The van der Waals surface area contributed by atoms with E-state index in [1.807, 2.05) is 4.90 Å². The summed E-state index contributed by atoms with van der Waals surface area (Å²) in [5.74, 6) is 0. The van der Waals surface area contributed by atoms with Crippen LogP contribution in [0, 0.1) is 0 Å². The van der Waals surface area contributed by atoms with Gasteiger partial charge in [0.2, 0.25) is 0 Å². The van der Waals surface area contributed by atoms with E-state index >= 15 is 0 Å². The zero-order valence-electron chi connectivity index (χ0n) is 15.8. The van der Waals surface area contributed by atoms with Gasteiger partial charge in [-0.25, -0.2) is 4.79 Å². The summed E-state index contributed by atoms with van der Waals surface area (Å²) in [6.45, 7) is 11.0. The highest BCUT2D eigenvalue weighted by Crippen LogP contribution is 2.21. The molecule has 1 aromatic rings. The zero-order chi connectivity index (χ0) is 18.1. The first-order valence-corrected chi connectivity index (χ1v) is 9.31. The highest BCUT2D eigenvalue weighted by atomic mass is 16.5. The molecule has 1 heterocycles. The molecule has 0 atom stereocenters. The number of hydrogen-bond acceptors (Lipinski definition) is 4. The lowest BCUT2D eigenvalue weighted by Gasteiger charge is -2.36. The van der Waals surface area contributed by atoms with Gasteiger partial charge in [0.25, 0.3) is 0 Å². The molecule has 0 bridgehead atoms. The number of nitrogens with zero attached hydrogens (tertiary/aromatic N) is 3. The van der Waals surface area contributed by atoms with Crippen LogP contribution in [0.15, 0.2) is 24.3 Å². The summed E-state index contributed by atoms with van der Waals surface area (Å²) in [6.07, 6.45) is 0.848. The minimum Gasteiger partial charge on any atom is -0.385 e. The van der Waals surface area contributed by atoms with Gasteiger partial charge in [-0.3, -0.25) is 0 Å². The number of carbonyl (C=O) groups excluding carboxylic acids is 1. The lowest BCUT2D eigenvalue weighted by molar-refractivity contribution is 0.183. The molecule has 2 amide bonds. The first kappa shape index (κ1) is 19.4. The molecule has 0 aromatic heterocycles. The van der Waals surface area contributed by atoms with E-state index in [0.29, 0.717) is 13.2 Å². The normalized spacial score (nSPS) is 14.5. The summed E-state index contributed by atoms with van der Waals surface area (Å²) in [6, 6.07) is 8.80. The van der Waals surface area contributed by atoms with Gasteiger partial charge in [-0.1, -0.05) is 0 Å². The summed E-state index contributed by atoms with van der Waals surface area (Å²) >= 11 is 0. The molecule has 2 rings (SSSR count). The monoisotopic (exact) mass is 348 g/mol. The van der Waals surface area contributed by atoms with Crippen molar-refractivity contribution in [1.82, 2.24) is 10.2 Å². The lowest BCUT2D eigenvalue weighted by Crippen LogP contribution is -2.52. The van der Waals surface area contributed by atoms with Gasteiger partial charge in [0.05, 0.1) is 0 Å². The molecule has 1 saturated heterocycles. The Balaban J connectivity index is 1.80. The smallest absolute Gasteiger partial charge is 0.317 e. The van der Waals surface area contributed by atoms with E-state index in [1.165, 1.54) is 11.4 Å². The van der Waals surface area contributed by atoms with Crippen LogP contribution in [0.5, 0.6) is 0 Å². The van der Waals surface area contributed by atoms with E-state index < -0.39 is 0 Å². The van der Waals surface area contributed by atoms with Crippen molar-refractivity contribution in [3.63, 3.8) is 0 Å². The van der Waals surface area contributed by atoms with E-state index in [1.54, 1.807) is 7.11 Å². The quantitative estimate of drug-likeness (QED) is 0.733. The summed E-state index contributed by atoms with van der Waals surface area (Å²) in [7, 11) is 1.68. The van der Waals surface area contributed by atoms with E-state index in [0.717, 1.165) is 45.7 Å². The molecule has 140 valence electrons. The van der Waals surface area contributed by atoms with Crippen molar-refractivity contribution in [1.29, 1.82) is 0 Å². The molecule has 1 N–H and O–H groups in total. The Morgan fingerprint density at radius 1 is 1.12 bits per heavy atom. The van der Waals surface area contributed by atoms with Crippen molar-refractivity contribution in [2.75, 3.05) is 69.3 Å². The van der Waals surface area contributed by atoms with Gasteiger partial charge in [0.15, 0.2) is 0 Å². The first-order chi connectivity index (χ1) is 12.2. The number of amides is 2. The molecule has 6 heteroatoms. The van der Waals surface area contributed by atoms with Crippen molar-refractivity contribution in [3.05, 3.63) is 24.3 Å². The van der Waals surface area contributed by atoms with Crippen molar-refractivity contribution >= 4 is 17.4 Å². The fourth-order valence-corrected chi connectivity index (χ4v) is 3.15. The minimum absolute atomic E-state index is 0.0348. The number of ether oxygens (including phenoxy) is 1. The SMILES string of the molecule is CCN(CC)c1ccc(N2CCN(C(=O)NCCCOC)CC2)cc1. The van der Waals surface area contributed by atoms with Crippen LogP contribution in [-0.4, -0.2) is 70.5 Å². The van der Waals surface area contributed by atoms with Crippen LogP contribution in [0.2, 0.25) is 0 Å². The van der Waals surface area contributed by atoms with Crippen molar-refractivity contribution in [3.8, 4) is 0 Å². The van der Waals surface area contributed by atoms with Gasteiger partial charge in [-0.2, -0.15) is 0 Å². The van der Waals surface area contributed by atoms with Crippen LogP contribution < -0.4 is 15.1 Å². The molecule has 1 aliphatic heterocycles.